The Balaban J connectivity index is 1.79. The molecule has 2 aromatic heterocycles. The number of ether oxygens (including phenoxy) is 1. The third kappa shape index (κ3) is 3.14. The van der Waals surface area contributed by atoms with Gasteiger partial charge in [-0.1, -0.05) is 24.3 Å². The lowest BCUT2D eigenvalue weighted by atomic mass is 10.1. The molecule has 0 amide bonds. The van der Waals surface area contributed by atoms with E-state index < -0.39 is 11.6 Å². The first-order valence-electron chi connectivity index (χ1n) is 7.81. The summed E-state index contributed by atoms with van der Waals surface area (Å²) in [7, 11) is 0. The van der Waals surface area contributed by atoms with Crippen LogP contribution in [0.15, 0.2) is 53.9 Å². The number of thiophene rings is 1. The van der Waals surface area contributed by atoms with Crippen LogP contribution in [0.1, 0.15) is 5.56 Å². The van der Waals surface area contributed by atoms with Crippen molar-refractivity contribution in [3.63, 3.8) is 0 Å². The van der Waals surface area contributed by atoms with Crippen molar-refractivity contribution in [1.29, 1.82) is 0 Å². The summed E-state index contributed by atoms with van der Waals surface area (Å²) < 4.78 is 33.4. The zero-order valence-corrected chi connectivity index (χ0v) is 14.3. The van der Waals surface area contributed by atoms with Gasteiger partial charge in [-0.05, 0) is 29.1 Å². The van der Waals surface area contributed by atoms with Crippen LogP contribution in [0.3, 0.4) is 0 Å². The standard InChI is InChI=1S/C19H13F2N3OS/c20-13-5-6-16(14(21)9-13)25-19-17-15(7-8-26-17)23-18(24-19)12-3-1-11(10-22)2-4-12/h1-9H,10,22H2. The highest BCUT2D eigenvalue weighted by Crippen LogP contribution is 2.34. The number of nitrogens with zero attached hydrogens (tertiary/aromatic N) is 2. The molecule has 0 bridgehead atoms. The lowest BCUT2D eigenvalue weighted by Gasteiger charge is -2.09. The largest absolute Gasteiger partial charge is 0.434 e. The van der Waals surface area contributed by atoms with Crippen LogP contribution in [0, 0.1) is 11.6 Å². The molecule has 4 rings (SSSR count). The average Bonchev–Trinajstić information content (AvgIpc) is 3.13. The van der Waals surface area contributed by atoms with Crippen molar-refractivity contribution in [2.45, 2.75) is 6.54 Å². The van der Waals surface area contributed by atoms with Crippen LogP contribution < -0.4 is 10.5 Å². The van der Waals surface area contributed by atoms with Crippen molar-refractivity contribution in [3.05, 3.63) is 71.1 Å². The molecular weight excluding hydrogens is 356 g/mol. The highest BCUT2D eigenvalue weighted by atomic mass is 32.1. The number of rotatable bonds is 4. The normalized spacial score (nSPS) is 11.0. The molecule has 0 radical (unpaired) electrons. The summed E-state index contributed by atoms with van der Waals surface area (Å²) in [6.07, 6.45) is 0. The second-order valence-corrected chi connectivity index (χ2v) is 6.48. The van der Waals surface area contributed by atoms with Crippen LogP contribution in [0.4, 0.5) is 8.78 Å². The maximum Gasteiger partial charge on any atom is 0.241 e. The van der Waals surface area contributed by atoms with Gasteiger partial charge in [0.05, 0.1) is 5.52 Å². The highest BCUT2D eigenvalue weighted by molar-refractivity contribution is 7.17. The Kier molecular flexibility index (Phi) is 4.32. The number of benzene rings is 2. The summed E-state index contributed by atoms with van der Waals surface area (Å²) >= 11 is 1.39. The molecule has 0 aliphatic heterocycles. The van der Waals surface area contributed by atoms with Gasteiger partial charge in [-0.25, -0.2) is 13.8 Å². The van der Waals surface area contributed by atoms with Crippen LogP contribution in [-0.4, -0.2) is 9.97 Å². The zero-order valence-electron chi connectivity index (χ0n) is 13.4. The Bertz CT molecular complexity index is 1080. The number of nitrogens with two attached hydrogens (primary N) is 1. The second kappa shape index (κ2) is 6.78. The van der Waals surface area contributed by atoms with Crippen molar-refractivity contribution in [2.24, 2.45) is 5.73 Å². The molecule has 0 saturated heterocycles. The first kappa shape index (κ1) is 16.6. The Labute approximate surface area is 151 Å². The van der Waals surface area contributed by atoms with E-state index in [1.165, 1.54) is 17.4 Å². The van der Waals surface area contributed by atoms with Gasteiger partial charge in [0.25, 0.3) is 0 Å². The third-order valence-electron chi connectivity index (χ3n) is 3.82. The Morgan fingerprint density at radius 1 is 1.00 bits per heavy atom. The molecule has 130 valence electrons. The van der Waals surface area contributed by atoms with Gasteiger partial charge in [0, 0.05) is 18.2 Å². The molecule has 2 heterocycles. The highest BCUT2D eigenvalue weighted by Gasteiger charge is 2.15. The van der Waals surface area contributed by atoms with Gasteiger partial charge in [-0.2, -0.15) is 4.98 Å². The summed E-state index contributed by atoms with van der Waals surface area (Å²) in [6.45, 7) is 0.447. The first-order valence-corrected chi connectivity index (χ1v) is 8.69. The summed E-state index contributed by atoms with van der Waals surface area (Å²) in [5, 5.41) is 1.86. The van der Waals surface area contributed by atoms with Crippen molar-refractivity contribution in [2.75, 3.05) is 0 Å². The molecule has 0 aliphatic carbocycles. The molecule has 7 heteroatoms. The molecule has 0 unspecified atom stereocenters. The van der Waals surface area contributed by atoms with E-state index in [9.17, 15) is 8.78 Å². The Hall–Kier alpha value is -2.90. The SMILES string of the molecule is NCc1ccc(-c2nc(Oc3ccc(F)cc3F)c3sccc3n2)cc1. The molecule has 0 saturated carbocycles. The Morgan fingerprint density at radius 3 is 2.54 bits per heavy atom. The Morgan fingerprint density at radius 2 is 1.81 bits per heavy atom. The van der Waals surface area contributed by atoms with E-state index in [1.807, 2.05) is 35.7 Å². The fraction of sp³-hybridized carbons (Fsp3) is 0.0526. The molecule has 0 aliphatic rings. The molecule has 2 aromatic carbocycles. The maximum absolute atomic E-state index is 14.0. The summed E-state index contributed by atoms with van der Waals surface area (Å²) in [5.74, 6) is -0.865. The van der Waals surface area contributed by atoms with Crippen LogP contribution in [0.25, 0.3) is 21.6 Å². The monoisotopic (exact) mass is 369 g/mol. The molecule has 0 fully saturated rings. The smallest absolute Gasteiger partial charge is 0.241 e. The summed E-state index contributed by atoms with van der Waals surface area (Å²) in [4.78, 5) is 8.98. The van der Waals surface area contributed by atoms with Crippen molar-refractivity contribution >= 4 is 21.6 Å². The van der Waals surface area contributed by atoms with E-state index >= 15 is 0 Å². The van der Waals surface area contributed by atoms with Crippen molar-refractivity contribution in [3.8, 4) is 23.0 Å². The molecule has 4 aromatic rings. The number of halogens is 2. The topological polar surface area (TPSA) is 61.0 Å². The van der Waals surface area contributed by atoms with Crippen molar-refractivity contribution < 1.29 is 13.5 Å². The average molecular weight is 369 g/mol. The fourth-order valence-corrected chi connectivity index (χ4v) is 3.24. The van der Waals surface area contributed by atoms with Crippen LogP contribution in [0.2, 0.25) is 0 Å². The number of hydrogen-bond donors (Lipinski definition) is 1. The molecule has 0 spiro atoms. The lowest BCUT2D eigenvalue weighted by molar-refractivity contribution is 0.429. The fourth-order valence-electron chi connectivity index (χ4n) is 2.49. The maximum atomic E-state index is 14.0. The molecule has 2 N–H and O–H groups in total. The first-order chi connectivity index (χ1) is 12.6. The summed E-state index contributed by atoms with van der Waals surface area (Å²) in [6, 6.07) is 12.5. The van der Waals surface area contributed by atoms with Gasteiger partial charge in [-0.3, -0.25) is 0 Å². The zero-order chi connectivity index (χ0) is 18.1. The van der Waals surface area contributed by atoms with Crippen LogP contribution >= 0.6 is 11.3 Å². The summed E-state index contributed by atoms with van der Waals surface area (Å²) in [5.41, 5.74) is 8.10. The predicted octanol–water partition coefficient (Wildman–Crippen LogP) is 4.89. The van der Waals surface area contributed by atoms with E-state index in [0.29, 0.717) is 22.6 Å². The van der Waals surface area contributed by atoms with E-state index in [1.54, 1.807) is 0 Å². The second-order valence-electron chi connectivity index (χ2n) is 5.57. The van der Waals surface area contributed by atoms with Crippen molar-refractivity contribution in [1.82, 2.24) is 9.97 Å². The minimum atomic E-state index is -0.790. The minimum absolute atomic E-state index is 0.0933. The number of fused-ring (bicyclic) bond motifs is 1. The van der Waals surface area contributed by atoms with Gasteiger partial charge in [0.1, 0.15) is 10.5 Å². The van der Waals surface area contributed by atoms with Gasteiger partial charge >= 0.3 is 0 Å². The van der Waals surface area contributed by atoms with E-state index in [2.05, 4.69) is 9.97 Å². The lowest BCUT2D eigenvalue weighted by Crippen LogP contribution is -1.98. The number of hydrogen-bond acceptors (Lipinski definition) is 5. The predicted molar refractivity (Wildman–Crippen MR) is 97.2 cm³/mol. The third-order valence-corrected chi connectivity index (χ3v) is 4.71. The van der Waals surface area contributed by atoms with Gasteiger partial charge in [0.2, 0.25) is 5.88 Å². The molecular formula is C19H13F2N3OS. The quantitative estimate of drug-likeness (QED) is 0.556. The van der Waals surface area contributed by atoms with Crippen LogP contribution in [0.5, 0.6) is 11.6 Å². The number of aromatic nitrogens is 2. The van der Waals surface area contributed by atoms with Gasteiger partial charge in [0.15, 0.2) is 17.4 Å². The van der Waals surface area contributed by atoms with Crippen LogP contribution in [-0.2, 0) is 6.54 Å². The van der Waals surface area contributed by atoms with E-state index in [4.69, 9.17) is 10.5 Å². The molecule has 0 atom stereocenters. The molecule has 4 nitrogen and oxygen atoms in total. The molecule has 26 heavy (non-hydrogen) atoms. The van der Waals surface area contributed by atoms with Gasteiger partial charge < -0.3 is 10.5 Å². The van der Waals surface area contributed by atoms with E-state index in [0.717, 1.165) is 23.3 Å². The minimum Gasteiger partial charge on any atom is -0.434 e. The van der Waals surface area contributed by atoms with Gasteiger partial charge in [-0.15, -0.1) is 11.3 Å². The van der Waals surface area contributed by atoms with E-state index in [-0.39, 0.29) is 11.6 Å².